The zero-order valence-electron chi connectivity index (χ0n) is 23.6. The molecule has 8 nitrogen and oxygen atoms in total. The molecule has 10 heteroatoms. The largest absolute Gasteiger partial charge is 0.462 e. The first-order valence-corrected chi connectivity index (χ1v) is 15.4. The van der Waals surface area contributed by atoms with Gasteiger partial charge < -0.3 is 9.15 Å². The summed E-state index contributed by atoms with van der Waals surface area (Å²) in [5.74, 6) is -0.385. The third-order valence-electron chi connectivity index (χ3n) is 6.85. The minimum atomic E-state index is -3.94. The van der Waals surface area contributed by atoms with Gasteiger partial charge in [-0.1, -0.05) is 60.1 Å². The van der Waals surface area contributed by atoms with Gasteiger partial charge in [-0.3, -0.25) is 9.69 Å². The van der Waals surface area contributed by atoms with E-state index in [1.54, 1.807) is 50.2 Å². The van der Waals surface area contributed by atoms with E-state index in [1.807, 2.05) is 36.4 Å². The Morgan fingerprint density at radius 2 is 1.58 bits per heavy atom. The number of carbonyl (C=O) groups is 2. The van der Waals surface area contributed by atoms with Gasteiger partial charge in [0.05, 0.1) is 29.2 Å². The lowest BCUT2D eigenvalue weighted by atomic mass is 10.1. The maximum atomic E-state index is 13.7. The number of sulfonamides is 1. The number of esters is 1. The number of nitrogens with zero attached hydrogens (tertiary/aromatic N) is 2. The molecule has 1 aliphatic rings. The summed E-state index contributed by atoms with van der Waals surface area (Å²) in [6, 6.07) is 27.5. The fourth-order valence-electron chi connectivity index (χ4n) is 4.81. The molecule has 43 heavy (non-hydrogen) atoms. The van der Waals surface area contributed by atoms with Crippen LogP contribution >= 0.6 is 11.6 Å². The normalized spacial score (nSPS) is 14.7. The summed E-state index contributed by atoms with van der Waals surface area (Å²) in [4.78, 5) is 28.1. The Hall–Kier alpha value is -4.44. The van der Waals surface area contributed by atoms with Gasteiger partial charge in [-0.2, -0.15) is 4.31 Å². The summed E-state index contributed by atoms with van der Waals surface area (Å²) in [6.07, 6.45) is 1.49. The highest BCUT2D eigenvalue weighted by Crippen LogP contribution is 2.35. The Bertz CT molecular complexity index is 1800. The van der Waals surface area contributed by atoms with Crippen molar-refractivity contribution in [3.05, 3.63) is 136 Å². The number of hydrogen-bond donors (Lipinski definition) is 0. The van der Waals surface area contributed by atoms with Gasteiger partial charge in [-0.25, -0.2) is 13.2 Å². The van der Waals surface area contributed by atoms with Gasteiger partial charge in [0.2, 0.25) is 10.0 Å². The number of anilines is 1. The van der Waals surface area contributed by atoms with Gasteiger partial charge in [0.15, 0.2) is 0 Å². The number of carbonyl (C=O) groups excluding carboxylic acids is 2. The van der Waals surface area contributed by atoms with Crippen molar-refractivity contribution in [1.82, 2.24) is 4.31 Å². The molecule has 0 saturated heterocycles. The molecular weight excluding hydrogens is 588 g/mol. The van der Waals surface area contributed by atoms with Crippen LogP contribution < -0.4 is 4.90 Å². The fraction of sp³-hybridized carbons (Fsp3) is 0.152. The topological polar surface area (TPSA) is 97.1 Å². The molecule has 4 aromatic rings. The number of halogens is 1. The molecule has 2 heterocycles. The van der Waals surface area contributed by atoms with Crippen molar-refractivity contribution in [1.29, 1.82) is 0 Å². The van der Waals surface area contributed by atoms with Gasteiger partial charge in [0, 0.05) is 23.0 Å². The first kappa shape index (κ1) is 30.0. The number of benzene rings is 3. The second kappa shape index (κ2) is 12.8. The van der Waals surface area contributed by atoms with Crippen LogP contribution in [-0.2, 0) is 37.4 Å². The molecule has 1 aliphatic heterocycles. The van der Waals surface area contributed by atoms with E-state index >= 15 is 0 Å². The zero-order chi connectivity index (χ0) is 30.6. The summed E-state index contributed by atoms with van der Waals surface area (Å²) in [7, 11) is -3.94. The van der Waals surface area contributed by atoms with Crippen LogP contribution in [0.4, 0.5) is 5.69 Å². The molecule has 5 rings (SSSR count). The van der Waals surface area contributed by atoms with Crippen molar-refractivity contribution in [3.8, 4) is 0 Å². The molecular formula is C33H29ClN2O6S. The van der Waals surface area contributed by atoms with Crippen LogP contribution in [0.2, 0.25) is 5.02 Å². The van der Waals surface area contributed by atoms with Crippen LogP contribution in [0.25, 0.3) is 6.08 Å². The average Bonchev–Trinajstić information content (AvgIpc) is 3.54. The number of furan rings is 1. The third kappa shape index (κ3) is 6.49. The van der Waals surface area contributed by atoms with Gasteiger partial charge in [0.1, 0.15) is 11.5 Å². The van der Waals surface area contributed by atoms with E-state index < -0.39 is 21.9 Å². The molecule has 0 radical (unpaired) electrons. The van der Waals surface area contributed by atoms with E-state index in [4.69, 9.17) is 20.8 Å². The second-order valence-corrected chi connectivity index (χ2v) is 12.1. The Morgan fingerprint density at radius 1 is 0.930 bits per heavy atom. The summed E-state index contributed by atoms with van der Waals surface area (Å²) in [5.41, 5.74) is 2.11. The van der Waals surface area contributed by atoms with E-state index in [9.17, 15) is 18.0 Å². The Balaban J connectivity index is 1.48. The van der Waals surface area contributed by atoms with Crippen LogP contribution in [0.3, 0.4) is 0 Å². The van der Waals surface area contributed by atoms with E-state index in [1.165, 1.54) is 39.5 Å². The van der Waals surface area contributed by atoms with E-state index in [2.05, 4.69) is 0 Å². The van der Waals surface area contributed by atoms with Gasteiger partial charge in [0.25, 0.3) is 5.91 Å². The van der Waals surface area contributed by atoms with Crippen molar-refractivity contribution >= 4 is 45.3 Å². The molecule has 0 aliphatic carbocycles. The predicted molar refractivity (Wildman–Crippen MR) is 164 cm³/mol. The molecule has 1 amide bonds. The molecule has 3 aromatic carbocycles. The summed E-state index contributed by atoms with van der Waals surface area (Å²) >= 11 is 6.00. The lowest BCUT2D eigenvalue weighted by Crippen LogP contribution is -2.30. The molecule has 0 fully saturated rings. The second-order valence-electron chi connectivity index (χ2n) is 9.73. The molecule has 0 saturated carbocycles. The molecule has 1 aromatic heterocycles. The lowest BCUT2D eigenvalue weighted by Gasteiger charge is -2.21. The first-order chi connectivity index (χ1) is 20.7. The third-order valence-corrected chi connectivity index (χ3v) is 8.91. The highest BCUT2D eigenvalue weighted by Gasteiger charge is 2.38. The number of para-hydroxylation sites is 1. The van der Waals surface area contributed by atoms with Crippen LogP contribution in [0.1, 0.15) is 30.9 Å². The standard InChI is InChI=1S/C33H29ClN2O6S/c1-3-41-33(38)31-23(2)36(26-12-8-5-9-13-26)32(37)30(31)20-27-16-17-28(42-27)22-35(21-24-10-6-4-7-11-24)43(39,40)29-18-14-25(34)15-19-29/h4-20H,3,21-22H2,1-2H3/b30-20+. The SMILES string of the molecule is CCOC(=O)C1=C(C)N(c2ccccc2)C(=O)/C1=C/c1ccc(CN(Cc2ccccc2)S(=O)(=O)c2ccc(Cl)cc2)o1. The number of amides is 1. The van der Waals surface area contributed by atoms with E-state index in [-0.39, 0.29) is 41.5 Å². The van der Waals surface area contributed by atoms with Crippen molar-refractivity contribution in [3.63, 3.8) is 0 Å². The molecule has 0 N–H and O–H groups in total. The Kier molecular flexibility index (Phi) is 8.96. The molecule has 0 atom stereocenters. The van der Waals surface area contributed by atoms with Crippen molar-refractivity contribution < 1.29 is 27.2 Å². The van der Waals surface area contributed by atoms with Gasteiger partial charge in [-0.05, 0) is 74.0 Å². The summed E-state index contributed by atoms with van der Waals surface area (Å²) < 4.78 is 40.0. The molecule has 0 unspecified atom stereocenters. The summed E-state index contributed by atoms with van der Waals surface area (Å²) in [6.45, 7) is 3.55. The maximum Gasteiger partial charge on any atom is 0.340 e. The highest BCUT2D eigenvalue weighted by atomic mass is 35.5. The minimum Gasteiger partial charge on any atom is -0.462 e. The van der Waals surface area contributed by atoms with Crippen LogP contribution in [0.15, 0.2) is 123 Å². The quantitative estimate of drug-likeness (QED) is 0.147. The molecule has 0 spiro atoms. The van der Waals surface area contributed by atoms with E-state index in [0.717, 1.165) is 5.56 Å². The Labute approximate surface area is 255 Å². The van der Waals surface area contributed by atoms with Crippen molar-refractivity contribution in [2.75, 3.05) is 11.5 Å². The zero-order valence-corrected chi connectivity index (χ0v) is 25.1. The smallest absolute Gasteiger partial charge is 0.340 e. The van der Waals surface area contributed by atoms with E-state index in [0.29, 0.717) is 22.2 Å². The van der Waals surface area contributed by atoms with Crippen molar-refractivity contribution in [2.24, 2.45) is 0 Å². The number of rotatable bonds is 10. The average molecular weight is 617 g/mol. The van der Waals surface area contributed by atoms with Gasteiger partial charge >= 0.3 is 5.97 Å². The number of allylic oxidation sites excluding steroid dienone is 1. The lowest BCUT2D eigenvalue weighted by molar-refractivity contribution is -0.138. The monoisotopic (exact) mass is 616 g/mol. The predicted octanol–water partition coefficient (Wildman–Crippen LogP) is 6.59. The first-order valence-electron chi connectivity index (χ1n) is 13.6. The maximum absolute atomic E-state index is 13.7. The van der Waals surface area contributed by atoms with Crippen LogP contribution in [0.5, 0.6) is 0 Å². The van der Waals surface area contributed by atoms with Gasteiger partial charge in [-0.15, -0.1) is 0 Å². The Morgan fingerprint density at radius 3 is 2.23 bits per heavy atom. The number of ether oxygens (including phenoxy) is 1. The molecule has 220 valence electrons. The number of hydrogen-bond acceptors (Lipinski definition) is 6. The highest BCUT2D eigenvalue weighted by molar-refractivity contribution is 7.89. The summed E-state index contributed by atoms with van der Waals surface area (Å²) in [5, 5.41) is 0.427. The molecule has 0 bridgehead atoms. The van der Waals surface area contributed by atoms with Crippen LogP contribution in [-0.4, -0.2) is 31.2 Å². The van der Waals surface area contributed by atoms with Crippen molar-refractivity contribution in [2.45, 2.75) is 31.8 Å². The minimum absolute atomic E-state index is 0.0767. The fourth-order valence-corrected chi connectivity index (χ4v) is 6.33. The van der Waals surface area contributed by atoms with Crippen LogP contribution in [0, 0.1) is 0 Å².